The highest BCUT2D eigenvalue weighted by Gasteiger charge is 2.75. The highest BCUT2D eigenvalue weighted by atomic mass is 16.7. The molecule has 4 fully saturated rings. The van der Waals surface area contributed by atoms with Crippen molar-refractivity contribution >= 4 is 17.3 Å². The Morgan fingerprint density at radius 1 is 1.09 bits per heavy atom. The van der Waals surface area contributed by atoms with Gasteiger partial charge in [-0.1, -0.05) is 55.8 Å². The fourth-order valence-corrected chi connectivity index (χ4v) is 9.90. The van der Waals surface area contributed by atoms with E-state index >= 15 is 0 Å². The van der Waals surface area contributed by atoms with Gasteiger partial charge in [0.05, 0.1) is 23.7 Å². The molecule has 10 heteroatoms. The van der Waals surface area contributed by atoms with Gasteiger partial charge in [0.1, 0.15) is 6.61 Å². The van der Waals surface area contributed by atoms with E-state index in [0.717, 1.165) is 24.0 Å². The van der Waals surface area contributed by atoms with E-state index in [4.69, 9.17) is 9.47 Å². The van der Waals surface area contributed by atoms with Crippen LogP contribution in [0.5, 0.6) is 0 Å². The molecule has 46 heavy (non-hydrogen) atoms. The number of carbonyl (C=O) groups excluding carboxylic acids is 2. The fraction of sp³-hybridized carbons (Fsp3) is 0.500. The molecule has 10 nitrogen and oxygen atoms in total. The number of aliphatic hydroxyl groups is 3. The zero-order valence-electron chi connectivity index (χ0n) is 25.9. The van der Waals surface area contributed by atoms with Crippen molar-refractivity contribution in [2.45, 2.75) is 76.7 Å². The van der Waals surface area contributed by atoms with Crippen molar-refractivity contribution < 1.29 is 39.3 Å². The average Bonchev–Trinajstić information content (AvgIpc) is 3.54. The maximum absolute atomic E-state index is 13.8. The molecule has 7 rings (SSSR count). The van der Waals surface area contributed by atoms with E-state index in [9.17, 15) is 35.0 Å². The lowest BCUT2D eigenvalue weighted by atomic mass is 9.46. The predicted molar refractivity (Wildman–Crippen MR) is 165 cm³/mol. The third-order valence-corrected chi connectivity index (χ3v) is 11.9. The number of Topliss-reactive ketones (excluding diaryl/α,β-unsaturated/α-hetero) is 1. The topological polar surface area (TPSA) is 156 Å². The van der Waals surface area contributed by atoms with Crippen molar-refractivity contribution in [2.24, 2.45) is 28.6 Å². The van der Waals surface area contributed by atoms with Crippen LogP contribution in [0.25, 0.3) is 0 Å². The van der Waals surface area contributed by atoms with Crippen LogP contribution in [0.2, 0.25) is 0 Å². The van der Waals surface area contributed by atoms with Gasteiger partial charge in [-0.25, -0.2) is 0 Å². The largest absolute Gasteiger partial charge is 0.393 e. The van der Waals surface area contributed by atoms with E-state index < -0.39 is 52.2 Å². The fourth-order valence-electron chi connectivity index (χ4n) is 9.90. The van der Waals surface area contributed by atoms with Crippen molar-refractivity contribution in [3.63, 3.8) is 0 Å². The number of benzene rings is 2. The summed E-state index contributed by atoms with van der Waals surface area (Å²) in [6.07, 6.45) is 5.87. The lowest BCUT2D eigenvalue weighted by molar-refractivity contribution is -0.385. The van der Waals surface area contributed by atoms with E-state index in [0.29, 0.717) is 36.0 Å². The molecular formula is C36H39NO9. The van der Waals surface area contributed by atoms with Crippen LogP contribution in [0.15, 0.2) is 66.3 Å². The lowest BCUT2D eigenvalue weighted by Gasteiger charge is -2.59. The standard InChI is InChI=1S/C36H39NO9/c1-34-10-9-26(40)15-24(34)7-8-27-28-16-31-36(30(42)19-39,35(28,2)17-29(41)32(27)34)46-33(45-31)23-5-3-20(4-6-23)11-21-12-22(18-38)14-25(13-21)37(43)44/h3-6,9-10,12-15,27-29,31-33,38-39,41H,7-8,11,16-19H2,1-2H3/t27-,28-,29-,31+,32+,33+,34-,35-,36+/m0/s1. The normalized spacial score (nSPS) is 37.6. The number of allylic oxidation sites excluding steroid dienone is 4. The van der Waals surface area contributed by atoms with Crippen molar-refractivity contribution in [3.8, 4) is 0 Å². The van der Waals surface area contributed by atoms with Crippen LogP contribution >= 0.6 is 0 Å². The zero-order valence-corrected chi connectivity index (χ0v) is 25.9. The molecule has 0 unspecified atom stereocenters. The smallest absolute Gasteiger partial charge is 0.270 e. The summed E-state index contributed by atoms with van der Waals surface area (Å²) >= 11 is 0. The van der Waals surface area contributed by atoms with Gasteiger partial charge in [-0.15, -0.1) is 0 Å². The predicted octanol–water partition coefficient (Wildman–Crippen LogP) is 4.28. The Morgan fingerprint density at radius 2 is 1.83 bits per heavy atom. The first-order valence-electron chi connectivity index (χ1n) is 16.0. The summed E-state index contributed by atoms with van der Waals surface area (Å²) in [7, 11) is 0. The molecule has 2 aromatic rings. The van der Waals surface area contributed by atoms with Gasteiger partial charge >= 0.3 is 0 Å². The van der Waals surface area contributed by atoms with Gasteiger partial charge in [-0.2, -0.15) is 0 Å². The number of fused-ring (bicyclic) bond motifs is 7. The van der Waals surface area contributed by atoms with Gasteiger partial charge in [-0.05, 0) is 72.8 Å². The summed E-state index contributed by atoms with van der Waals surface area (Å²) < 4.78 is 13.2. The second kappa shape index (κ2) is 11.0. The Morgan fingerprint density at radius 3 is 2.52 bits per heavy atom. The maximum Gasteiger partial charge on any atom is 0.270 e. The number of ether oxygens (including phenoxy) is 2. The first-order chi connectivity index (χ1) is 21.9. The Kier molecular flexibility index (Phi) is 7.45. The number of ketones is 2. The number of aliphatic hydroxyl groups excluding tert-OH is 3. The first-order valence-corrected chi connectivity index (χ1v) is 16.0. The summed E-state index contributed by atoms with van der Waals surface area (Å²) in [5, 5.41) is 42.9. The summed E-state index contributed by atoms with van der Waals surface area (Å²) in [5.41, 5.74) is 1.07. The third-order valence-electron chi connectivity index (χ3n) is 11.9. The van der Waals surface area contributed by atoms with Crippen LogP contribution in [0, 0.1) is 38.7 Å². The molecule has 242 valence electrons. The van der Waals surface area contributed by atoms with E-state index in [1.807, 2.05) is 37.3 Å². The zero-order chi connectivity index (χ0) is 32.6. The Labute approximate surface area is 266 Å². The molecule has 4 aliphatic carbocycles. The number of rotatable bonds is 7. The van der Waals surface area contributed by atoms with Crippen LogP contribution < -0.4 is 0 Å². The SMILES string of the molecule is C[C@]12C=CC(=O)C=C1CC[C@@H]1[C@@H]2[C@@H](O)C[C@@]2(C)[C@H]1C[C@H]1O[C@@H](c3ccc(Cc4cc(CO)cc([N+](=O)[O-])c4)cc3)O[C@]12C(=O)CO. The molecule has 5 aliphatic rings. The van der Waals surface area contributed by atoms with E-state index in [1.165, 1.54) is 12.1 Å². The van der Waals surface area contributed by atoms with Crippen LogP contribution in [0.4, 0.5) is 5.69 Å². The number of nitrogens with zero attached hydrogens (tertiary/aromatic N) is 1. The summed E-state index contributed by atoms with van der Waals surface area (Å²) in [5.74, 6) is -0.494. The van der Waals surface area contributed by atoms with Crippen LogP contribution in [0.1, 0.15) is 68.1 Å². The number of hydrogen-bond donors (Lipinski definition) is 3. The maximum atomic E-state index is 13.8. The molecule has 0 spiro atoms. The quantitative estimate of drug-likeness (QED) is 0.301. The molecule has 2 aromatic carbocycles. The minimum atomic E-state index is -1.43. The highest BCUT2D eigenvalue weighted by molar-refractivity contribution is 6.01. The second-order valence-electron chi connectivity index (χ2n) is 14.2. The molecule has 0 radical (unpaired) electrons. The number of non-ortho nitro benzene ring substituents is 1. The van der Waals surface area contributed by atoms with E-state index in [-0.39, 0.29) is 35.8 Å². The summed E-state index contributed by atoms with van der Waals surface area (Å²) in [4.78, 5) is 36.8. The summed E-state index contributed by atoms with van der Waals surface area (Å²) in [6.45, 7) is 3.11. The number of nitro groups is 1. The molecule has 1 saturated heterocycles. The van der Waals surface area contributed by atoms with Gasteiger partial charge < -0.3 is 24.8 Å². The molecule has 0 amide bonds. The number of nitro benzene ring substituents is 1. The molecule has 0 bridgehead atoms. The van der Waals surface area contributed by atoms with Crippen molar-refractivity contribution in [3.05, 3.63) is 98.6 Å². The van der Waals surface area contributed by atoms with Gasteiger partial charge in [0, 0.05) is 34.4 Å². The Hall–Kier alpha value is -3.54. The average molecular weight is 630 g/mol. The summed E-state index contributed by atoms with van der Waals surface area (Å²) in [6, 6.07) is 12.0. The Bertz CT molecular complexity index is 1670. The molecule has 3 saturated carbocycles. The van der Waals surface area contributed by atoms with Crippen molar-refractivity contribution in [2.75, 3.05) is 6.61 Å². The minimum absolute atomic E-state index is 0.00729. The molecule has 1 aliphatic heterocycles. The van der Waals surface area contributed by atoms with Crippen molar-refractivity contribution in [1.82, 2.24) is 0 Å². The molecule has 1 heterocycles. The van der Waals surface area contributed by atoms with Crippen LogP contribution in [-0.4, -0.2) is 56.2 Å². The third kappa shape index (κ3) is 4.49. The molecular weight excluding hydrogens is 590 g/mol. The second-order valence-corrected chi connectivity index (χ2v) is 14.2. The van der Waals surface area contributed by atoms with E-state index in [2.05, 4.69) is 6.92 Å². The molecule has 0 aromatic heterocycles. The monoisotopic (exact) mass is 629 g/mol. The van der Waals surface area contributed by atoms with Crippen LogP contribution in [-0.2, 0) is 32.1 Å². The molecule has 9 atom stereocenters. The minimum Gasteiger partial charge on any atom is -0.393 e. The lowest BCUT2D eigenvalue weighted by Crippen LogP contribution is -2.63. The van der Waals surface area contributed by atoms with Gasteiger partial charge in [0.15, 0.2) is 23.5 Å². The van der Waals surface area contributed by atoms with Gasteiger partial charge in [0.2, 0.25) is 0 Å². The first kappa shape index (κ1) is 31.1. The number of carbonyl (C=O) groups is 2. The van der Waals surface area contributed by atoms with Crippen LogP contribution in [0.3, 0.4) is 0 Å². The van der Waals surface area contributed by atoms with Gasteiger partial charge in [0.25, 0.3) is 5.69 Å². The van der Waals surface area contributed by atoms with Crippen molar-refractivity contribution in [1.29, 1.82) is 0 Å². The molecule has 3 N–H and O–H groups in total. The van der Waals surface area contributed by atoms with Gasteiger partial charge in [-0.3, -0.25) is 19.7 Å². The Balaban J connectivity index is 1.15. The number of hydrogen-bond acceptors (Lipinski definition) is 9. The van der Waals surface area contributed by atoms with E-state index in [1.54, 1.807) is 18.2 Å². The highest BCUT2D eigenvalue weighted by Crippen LogP contribution is 2.70.